The van der Waals surface area contributed by atoms with Crippen LogP contribution in [0.5, 0.6) is 0 Å². The Kier molecular flexibility index (Phi) is 6.02. The molecule has 0 radical (unpaired) electrons. The maximum Gasteiger partial charge on any atom is 0.332 e. The summed E-state index contributed by atoms with van der Waals surface area (Å²) >= 11 is 6.06. The van der Waals surface area contributed by atoms with Crippen LogP contribution in [0.25, 0.3) is 0 Å². The molecule has 2 rings (SSSR count). The number of hydrogen-bond acceptors (Lipinski definition) is 3. The zero-order valence-corrected chi connectivity index (χ0v) is 14.1. The van der Waals surface area contributed by atoms with E-state index in [2.05, 4.69) is 0 Å². The lowest BCUT2D eigenvalue weighted by molar-refractivity contribution is -0.161. The summed E-state index contributed by atoms with van der Waals surface area (Å²) in [6.07, 6.45) is 1.04. The lowest BCUT2D eigenvalue weighted by Gasteiger charge is -2.37. The van der Waals surface area contributed by atoms with Gasteiger partial charge in [-0.2, -0.15) is 0 Å². The minimum atomic E-state index is -1.07. The zero-order chi connectivity index (χ0) is 17.0. The van der Waals surface area contributed by atoms with Gasteiger partial charge in [0, 0.05) is 11.6 Å². The van der Waals surface area contributed by atoms with E-state index in [0.29, 0.717) is 11.6 Å². The number of benzene rings is 1. The van der Waals surface area contributed by atoms with Gasteiger partial charge < -0.3 is 14.7 Å². The predicted molar refractivity (Wildman–Crippen MR) is 87.4 cm³/mol. The molecule has 1 saturated heterocycles. The molecular formula is C17H22ClNO4. The summed E-state index contributed by atoms with van der Waals surface area (Å²) in [5.41, 5.74) is 1.00. The minimum Gasteiger partial charge on any atom is -0.479 e. The van der Waals surface area contributed by atoms with E-state index in [9.17, 15) is 9.59 Å². The Morgan fingerprint density at radius 1 is 1.30 bits per heavy atom. The van der Waals surface area contributed by atoms with Crippen molar-refractivity contribution in [3.63, 3.8) is 0 Å². The number of likely N-dealkylation sites (tertiary alicyclic amines) is 1. The molecule has 1 heterocycles. The van der Waals surface area contributed by atoms with Gasteiger partial charge in [-0.3, -0.25) is 4.79 Å². The van der Waals surface area contributed by atoms with Crippen molar-refractivity contribution in [1.29, 1.82) is 0 Å². The number of nitrogens with zero attached hydrogens (tertiary/aromatic N) is 1. The summed E-state index contributed by atoms with van der Waals surface area (Å²) in [6, 6.07) is 7.49. The molecule has 0 saturated carbocycles. The third-order valence-corrected chi connectivity index (χ3v) is 4.36. The average molecular weight is 340 g/mol. The van der Waals surface area contributed by atoms with E-state index in [1.807, 2.05) is 18.2 Å². The summed E-state index contributed by atoms with van der Waals surface area (Å²) in [4.78, 5) is 25.4. The van der Waals surface area contributed by atoms with Crippen LogP contribution in [-0.2, 0) is 14.3 Å². The van der Waals surface area contributed by atoms with Crippen LogP contribution in [0.15, 0.2) is 24.3 Å². The largest absolute Gasteiger partial charge is 0.479 e. The molecule has 1 N–H and O–H groups in total. The second-order valence-electron chi connectivity index (χ2n) is 5.86. The molecule has 1 aliphatic heterocycles. The highest BCUT2D eigenvalue weighted by Crippen LogP contribution is 2.32. The Morgan fingerprint density at radius 3 is 2.70 bits per heavy atom. The van der Waals surface area contributed by atoms with Crippen LogP contribution in [0.3, 0.4) is 0 Å². The fraction of sp³-hybridized carbons (Fsp3) is 0.529. The first-order valence-corrected chi connectivity index (χ1v) is 8.22. The third-order valence-electron chi connectivity index (χ3n) is 4.12. The Hall–Kier alpha value is -1.59. The first kappa shape index (κ1) is 17.8. The van der Waals surface area contributed by atoms with Crippen molar-refractivity contribution < 1.29 is 19.4 Å². The summed E-state index contributed by atoms with van der Waals surface area (Å²) in [5.74, 6) is -1.25. The van der Waals surface area contributed by atoms with Crippen molar-refractivity contribution in [2.75, 3.05) is 6.54 Å². The number of halogens is 1. The monoisotopic (exact) mass is 339 g/mol. The van der Waals surface area contributed by atoms with Crippen LogP contribution >= 0.6 is 11.6 Å². The number of rotatable bonds is 5. The molecule has 23 heavy (non-hydrogen) atoms. The minimum absolute atomic E-state index is 0.0406. The standard InChI is InChI=1S/C17H22ClNO4/c1-11(23-12(2)17(21)22)16(20)19-9-4-3-8-15(19)13-6-5-7-14(18)10-13/h5-7,10-12,15H,3-4,8-9H2,1-2H3,(H,21,22). The Balaban J connectivity index is 2.14. The van der Waals surface area contributed by atoms with Crippen molar-refractivity contribution in [2.24, 2.45) is 0 Å². The fourth-order valence-electron chi connectivity index (χ4n) is 2.91. The molecule has 0 bridgehead atoms. The molecule has 1 aromatic carbocycles. The number of carbonyl (C=O) groups is 2. The highest BCUT2D eigenvalue weighted by molar-refractivity contribution is 6.30. The summed E-state index contributed by atoms with van der Waals surface area (Å²) in [5, 5.41) is 9.56. The van der Waals surface area contributed by atoms with E-state index in [4.69, 9.17) is 21.4 Å². The van der Waals surface area contributed by atoms with Gasteiger partial charge in [-0.05, 0) is 50.8 Å². The fourth-order valence-corrected chi connectivity index (χ4v) is 3.11. The molecule has 126 valence electrons. The Bertz CT molecular complexity index is 577. The van der Waals surface area contributed by atoms with Gasteiger partial charge >= 0.3 is 5.97 Å². The first-order chi connectivity index (χ1) is 10.9. The molecule has 0 spiro atoms. The molecule has 6 heteroatoms. The quantitative estimate of drug-likeness (QED) is 0.894. The van der Waals surface area contributed by atoms with Crippen LogP contribution in [0.2, 0.25) is 5.02 Å². The molecular weight excluding hydrogens is 318 g/mol. The van der Waals surface area contributed by atoms with E-state index < -0.39 is 18.2 Å². The number of ether oxygens (including phenoxy) is 1. The number of piperidine rings is 1. The average Bonchev–Trinajstić information content (AvgIpc) is 2.54. The molecule has 1 aromatic rings. The maximum atomic E-state index is 12.7. The van der Waals surface area contributed by atoms with Crippen LogP contribution in [0, 0.1) is 0 Å². The van der Waals surface area contributed by atoms with Gasteiger partial charge in [-0.1, -0.05) is 23.7 Å². The summed E-state index contributed by atoms with van der Waals surface area (Å²) < 4.78 is 5.32. The van der Waals surface area contributed by atoms with Crippen LogP contribution in [0.4, 0.5) is 0 Å². The predicted octanol–water partition coefficient (Wildman–Crippen LogP) is 3.27. The normalized spacial score (nSPS) is 20.8. The number of hydrogen-bond donors (Lipinski definition) is 1. The van der Waals surface area contributed by atoms with Crippen molar-refractivity contribution >= 4 is 23.5 Å². The number of amides is 1. The van der Waals surface area contributed by atoms with Gasteiger partial charge in [0.05, 0.1) is 6.04 Å². The second kappa shape index (κ2) is 7.79. The lowest BCUT2D eigenvalue weighted by atomic mass is 9.94. The number of aliphatic carboxylic acids is 1. The molecule has 0 aromatic heterocycles. The van der Waals surface area contributed by atoms with Crippen molar-refractivity contribution in [3.05, 3.63) is 34.9 Å². The number of carboxylic acid groups (broad SMARTS) is 1. The molecule has 5 nitrogen and oxygen atoms in total. The Labute approximate surface area is 141 Å². The summed E-state index contributed by atoms with van der Waals surface area (Å²) in [6.45, 7) is 3.67. The van der Waals surface area contributed by atoms with Crippen molar-refractivity contribution in [2.45, 2.75) is 51.4 Å². The molecule has 3 unspecified atom stereocenters. The van der Waals surface area contributed by atoms with E-state index in [0.717, 1.165) is 24.8 Å². The van der Waals surface area contributed by atoms with E-state index in [1.165, 1.54) is 6.92 Å². The van der Waals surface area contributed by atoms with Gasteiger partial charge in [-0.15, -0.1) is 0 Å². The van der Waals surface area contributed by atoms with Crippen LogP contribution in [0.1, 0.15) is 44.7 Å². The van der Waals surface area contributed by atoms with E-state index in [-0.39, 0.29) is 11.9 Å². The van der Waals surface area contributed by atoms with Gasteiger partial charge in [0.25, 0.3) is 5.91 Å². The SMILES string of the molecule is CC(OC(C)C(=O)N1CCCCC1c1cccc(Cl)c1)C(=O)O. The van der Waals surface area contributed by atoms with Crippen LogP contribution in [-0.4, -0.2) is 40.6 Å². The Morgan fingerprint density at radius 2 is 2.04 bits per heavy atom. The van der Waals surface area contributed by atoms with Gasteiger partial charge in [-0.25, -0.2) is 4.79 Å². The highest BCUT2D eigenvalue weighted by Gasteiger charge is 2.32. The second-order valence-corrected chi connectivity index (χ2v) is 6.29. The molecule has 1 amide bonds. The maximum absolute atomic E-state index is 12.7. The molecule has 1 fully saturated rings. The highest BCUT2D eigenvalue weighted by atomic mass is 35.5. The first-order valence-electron chi connectivity index (χ1n) is 7.84. The van der Waals surface area contributed by atoms with Crippen LogP contribution < -0.4 is 0 Å². The zero-order valence-electron chi connectivity index (χ0n) is 13.4. The lowest BCUT2D eigenvalue weighted by Crippen LogP contribution is -2.45. The van der Waals surface area contributed by atoms with Gasteiger partial charge in [0.15, 0.2) is 6.10 Å². The van der Waals surface area contributed by atoms with E-state index in [1.54, 1.807) is 17.9 Å². The number of carboxylic acids is 1. The smallest absolute Gasteiger partial charge is 0.332 e. The van der Waals surface area contributed by atoms with Gasteiger partial charge in [0.1, 0.15) is 6.10 Å². The molecule has 1 aliphatic rings. The summed E-state index contributed by atoms with van der Waals surface area (Å²) in [7, 11) is 0. The number of carbonyl (C=O) groups excluding carboxylic acids is 1. The van der Waals surface area contributed by atoms with Gasteiger partial charge in [0.2, 0.25) is 0 Å². The van der Waals surface area contributed by atoms with Crippen molar-refractivity contribution in [3.8, 4) is 0 Å². The molecule has 3 atom stereocenters. The topological polar surface area (TPSA) is 66.8 Å². The molecule has 0 aliphatic carbocycles. The van der Waals surface area contributed by atoms with E-state index >= 15 is 0 Å². The van der Waals surface area contributed by atoms with Crippen molar-refractivity contribution in [1.82, 2.24) is 4.90 Å². The third kappa shape index (κ3) is 4.45.